The van der Waals surface area contributed by atoms with Crippen molar-refractivity contribution in [3.05, 3.63) is 140 Å². The Morgan fingerprint density at radius 3 is 1.73 bits per heavy atom. The molecular weight excluding hydrogens is 559 g/mol. The maximum absolute atomic E-state index is 6.30. The normalized spacial score (nSPS) is 12.2. The van der Waals surface area contributed by atoms with Gasteiger partial charge in [-0.05, 0) is 62.6 Å². The minimum absolute atomic E-state index is 0.615. The molecule has 1 aromatic heterocycles. The Bertz CT molecular complexity index is 2370. The molecule has 0 fully saturated rings. The predicted octanol–water partition coefficient (Wildman–Crippen LogP) is 10.6. The van der Waals surface area contributed by atoms with Gasteiger partial charge in [0.05, 0.1) is 9.79 Å². The van der Waals surface area contributed by atoms with Crippen LogP contribution in [0.3, 0.4) is 0 Å². The molecule has 2 heterocycles. The Balaban J connectivity index is 1.27. The van der Waals surface area contributed by atoms with Crippen LogP contribution in [0.15, 0.2) is 149 Å². The van der Waals surface area contributed by atoms with Gasteiger partial charge in [-0.15, -0.1) is 0 Å². The molecule has 0 atom stereocenters. The van der Waals surface area contributed by atoms with Crippen LogP contribution in [-0.4, -0.2) is 15.0 Å². The fourth-order valence-electron chi connectivity index (χ4n) is 6.11. The zero-order valence-electron chi connectivity index (χ0n) is 23.4. The Morgan fingerprint density at radius 2 is 0.977 bits per heavy atom. The van der Waals surface area contributed by atoms with E-state index in [9.17, 15) is 0 Å². The van der Waals surface area contributed by atoms with Crippen molar-refractivity contribution in [1.29, 1.82) is 0 Å². The number of nitrogens with zero attached hydrogens (tertiary/aromatic N) is 3. The third kappa shape index (κ3) is 4.05. The second kappa shape index (κ2) is 10.0. The van der Waals surface area contributed by atoms with E-state index in [1.165, 1.54) is 32.3 Å². The molecule has 0 bridgehead atoms. The smallest absolute Gasteiger partial charge is 0.165 e. The van der Waals surface area contributed by atoms with Crippen LogP contribution in [0.1, 0.15) is 0 Å². The first-order chi connectivity index (χ1) is 21.8. The van der Waals surface area contributed by atoms with E-state index in [1.807, 2.05) is 60.7 Å². The molecule has 7 aromatic carbocycles. The van der Waals surface area contributed by atoms with Crippen LogP contribution < -0.4 is 4.74 Å². The Hall–Kier alpha value is -5.52. The van der Waals surface area contributed by atoms with E-state index >= 15 is 0 Å². The van der Waals surface area contributed by atoms with E-state index in [2.05, 4.69) is 78.9 Å². The van der Waals surface area contributed by atoms with Crippen molar-refractivity contribution in [2.75, 3.05) is 0 Å². The minimum atomic E-state index is 0.615. The van der Waals surface area contributed by atoms with E-state index in [0.29, 0.717) is 17.5 Å². The average molecular weight is 582 g/mol. The zero-order chi connectivity index (χ0) is 29.0. The number of hydrogen-bond donors (Lipinski definition) is 0. The van der Waals surface area contributed by atoms with Crippen LogP contribution in [0, 0.1) is 0 Å². The lowest BCUT2D eigenvalue weighted by Gasteiger charge is -2.21. The fraction of sp³-hybridized carbons (Fsp3) is 0. The van der Waals surface area contributed by atoms with Gasteiger partial charge in [0.1, 0.15) is 11.5 Å². The van der Waals surface area contributed by atoms with Crippen molar-refractivity contribution in [3.63, 3.8) is 0 Å². The Morgan fingerprint density at radius 1 is 0.409 bits per heavy atom. The van der Waals surface area contributed by atoms with Gasteiger partial charge >= 0.3 is 0 Å². The molecule has 0 amide bonds. The van der Waals surface area contributed by atoms with Crippen molar-refractivity contribution >= 4 is 44.1 Å². The number of rotatable bonds is 3. The monoisotopic (exact) mass is 581 g/mol. The molecule has 4 nitrogen and oxygen atoms in total. The van der Waals surface area contributed by atoms with Gasteiger partial charge in [-0.2, -0.15) is 0 Å². The highest BCUT2D eigenvalue weighted by Gasteiger charge is 2.23. The summed E-state index contributed by atoms with van der Waals surface area (Å²) in [5, 5.41) is 7.34. The summed E-state index contributed by atoms with van der Waals surface area (Å²) in [4.78, 5) is 17.3. The van der Waals surface area contributed by atoms with Gasteiger partial charge in [0.15, 0.2) is 17.5 Å². The molecule has 5 heteroatoms. The summed E-state index contributed by atoms with van der Waals surface area (Å²) in [6.45, 7) is 0. The Labute approximate surface area is 258 Å². The Kier molecular flexibility index (Phi) is 5.71. The van der Waals surface area contributed by atoms with Crippen molar-refractivity contribution in [1.82, 2.24) is 15.0 Å². The maximum atomic E-state index is 6.30. The van der Waals surface area contributed by atoms with Gasteiger partial charge in [-0.25, -0.2) is 15.0 Å². The van der Waals surface area contributed by atoms with Crippen molar-refractivity contribution in [3.8, 4) is 45.7 Å². The summed E-state index contributed by atoms with van der Waals surface area (Å²) >= 11 is 1.69. The van der Waals surface area contributed by atoms with Crippen molar-refractivity contribution in [2.24, 2.45) is 0 Å². The summed E-state index contributed by atoms with van der Waals surface area (Å²) in [6, 6.07) is 48.1. The first-order valence-corrected chi connectivity index (χ1v) is 15.3. The number of benzene rings is 7. The van der Waals surface area contributed by atoms with Crippen LogP contribution in [-0.2, 0) is 0 Å². The molecule has 1 aliphatic rings. The largest absolute Gasteiger partial charge is 0.455 e. The van der Waals surface area contributed by atoms with Crippen LogP contribution in [0.5, 0.6) is 11.5 Å². The molecule has 0 spiro atoms. The summed E-state index contributed by atoms with van der Waals surface area (Å²) in [7, 11) is 0. The first-order valence-electron chi connectivity index (χ1n) is 14.5. The van der Waals surface area contributed by atoms with Crippen LogP contribution in [0.2, 0.25) is 0 Å². The maximum Gasteiger partial charge on any atom is 0.165 e. The highest BCUT2D eigenvalue weighted by molar-refractivity contribution is 7.99. The summed E-state index contributed by atoms with van der Waals surface area (Å²) in [6.07, 6.45) is 0. The van der Waals surface area contributed by atoms with E-state index in [4.69, 9.17) is 19.7 Å². The molecule has 8 aromatic rings. The van der Waals surface area contributed by atoms with Crippen molar-refractivity contribution < 1.29 is 4.74 Å². The summed E-state index contributed by atoms with van der Waals surface area (Å²) < 4.78 is 6.30. The zero-order valence-corrected chi connectivity index (χ0v) is 24.3. The van der Waals surface area contributed by atoms with Gasteiger partial charge in [0.25, 0.3) is 0 Å². The highest BCUT2D eigenvalue weighted by atomic mass is 32.2. The summed E-state index contributed by atoms with van der Waals surface area (Å²) in [5.41, 5.74) is 2.80. The molecule has 1 aliphatic heterocycles. The summed E-state index contributed by atoms with van der Waals surface area (Å²) in [5.74, 6) is 3.55. The lowest BCUT2D eigenvalue weighted by Crippen LogP contribution is -2.02. The standard InChI is InChI=1S/C39H23N3OS/c1-2-11-24(12-3-1)37-40-38(42-39(41-37)31-17-10-19-34-36(31)44-35-20-9-8-18-33(35)43-34)25-21-22-30-28-15-5-4-13-26(28)27-14-6-7-16-29(27)32(30)23-25/h1-23H. The highest BCUT2D eigenvalue weighted by Crippen LogP contribution is 2.50. The third-order valence-electron chi connectivity index (χ3n) is 8.17. The molecular formula is C39H23N3OS. The molecule has 0 saturated carbocycles. The third-order valence-corrected chi connectivity index (χ3v) is 9.35. The van der Waals surface area contributed by atoms with E-state index < -0.39 is 0 Å². The molecule has 0 N–H and O–H groups in total. The van der Waals surface area contributed by atoms with Crippen LogP contribution in [0.25, 0.3) is 66.5 Å². The van der Waals surface area contributed by atoms with Gasteiger partial charge in [0, 0.05) is 16.7 Å². The molecule has 0 aliphatic carbocycles. The molecule has 0 radical (unpaired) electrons. The topological polar surface area (TPSA) is 47.9 Å². The second-order valence-electron chi connectivity index (χ2n) is 10.8. The van der Waals surface area contributed by atoms with Gasteiger partial charge in [0.2, 0.25) is 0 Å². The lowest BCUT2D eigenvalue weighted by atomic mass is 9.93. The fourth-order valence-corrected chi connectivity index (χ4v) is 7.17. The number of ether oxygens (including phenoxy) is 1. The number of aromatic nitrogens is 3. The van der Waals surface area contributed by atoms with Crippen LogP contribution >= 0.6 is 11.8 Å². The number of hydrogen-bond acceptors (Lipinski definition) is 5. The van der Waals surface area contributed by atoms with E-state index in [0.717, 1.165) is 38.0 Å². The lowest BCUT2D eigenvalue weighted by molar-refractivity contribution is 0.455. The first kappa shape index (κ1) is 25.0. The van der Waals surface area contributed by atoms with Crippen molar-refractivity contribution in [2.45, 2.75) is 9.79 Å². The van der Waals surface area contributed by atoms with E-state index in [1.54, 1.807) is 11.8 Å². The average Bonchev–Trinajstić information content (AvgIpc) is 3.10. The minimum Gasteiger partial charge on any atom is -0.455 e. The quantitative estimate of drug-likeness (QED) is 0.194. The molecule has 44 heavy (non-hydrogen) atoms. The number of para-hydroxylation sites is 1. The molecule has 0 saturated heterocycles. The van der Waals surface area contributed by atoms with Gasteiger partial charge in [-0.3, -0.25) is 0 Å². The predicted molar refractivity (Wildman–Crippen MR) is 179 cm³/mol. The molecule has 0 unspecified atom stereocenters. The van der Waals surface area contributed by atoms with Crippen LogP contribution in [0.4, 0.5) is 0 Å². The molecule has 9 rings (SSSR count). The second-order valence-corrected chi connectivity index (χ2v) is 11.9. The van der Waals surface area contributed by atoms with Gasteiger partial charge < -0.3 is 4.74 Å². The SMILES string of the molecule is c1ccc(-c2nc(-c3ccc4c5ccccc5c5ccccc5c4c3)nc(-c3cccc4c3Sc3ccccc3O4)n2)cc1. The number of fused-ring (bicyclic) bond motifs is 8. The van der Waals surface area contributed by atoms with E-state index in [-0.39, 0.29) is 0 Å². The van der Waals surface area contributed by atoms with Gasteiger partial charge in [-0.1, -0.05) is 121 Å². The molecule has 206 valence electrons.